The van der Waals surface area contributed by atoms with E-state index < -0.39 is 0 Å². The Hall–Kier alpha value is -1.31. The predicted molar refractivity (Wildman–Crippen MR) is 45.8 cm³/mol. The molecule has 0 N–H and O–H groups in total. The SMILES string of the molecule is C=CCC[n+]1ccn(C=C)c1. The van der Waals surface area contributed by atoms with Crippen molar-refractivity contribution in [1.82, 2.24) is 4.57 Å². The van der Waals surface area contributed by atoms with Gasteiger partial charge in [0.2, 0.25) is 6.33 Å². The molecule has 0 aliphatic carbocycles. The van der Waals surface area contributed by atoms with Crippen molar-refractivity contribution < 1.29 is 4.57 Å². The first-order valence-electron chi connectivity index (χ1n) is 3.67. The monoisotopic (exact) mass is 149 g/mol. The minimum absolute atomic E-state index is 0.990. The van der Waals surface area contributed by atoms with Crippen LogP contribution in [0.3, 0.4) is 0 Å². The summed E-state index contributed by atoms with van der Waals surface area (Å²) in [4.78, 5) is 0. The molecular formula is C9H13N2+. The third-order valence-corrected chi connectivity index (χ3v) is 1.51. The normalized spacial score (nSPS) is 9.45. The molecule has 0 spiro atoms. The summed E-state index contributed by atoms with van der Waals surface area (Å²) in [6.07, 6.45) is 10.7. The van der Waals surface area contributed by atoms with Crippen LogP contribution >= 0.6 is 0 Å². The van der Waals surface area contributed by atoms with E-state index in [1.165, 1.54) is 0 Å². The van der Waals surface area contributed by atoms with Gasteiger partial charge in [-0.15, -0.1) is 6.58 Å². The maximum atomic E-state index is 3.66. The molecule has 58 valence electrons. The molecule has 0 fully saturated rings. The average molecular weight is 149 g/mol. The molecule has 1 aromatic rings. The summed E-state index contributed by atoms with van der Waals surface area (Å²) in [7, 11) is 0. The van der Waals surface area contributed by atoms with Crippen molar-refractivity contribution in [3.63, 3.8) is 0 Å². The van der Waals surface area contributed by atoms with Gasteiger partial charge in [-0.25, -0.2) is 9.13 Å². The highest BCUT2D eigenvalue weighted by molar-refractivity contribution is 5.12. The summed E-state index contributed by atoms with van der Waals surface area (Å²) in [5.74, 6) is 0. The van der Waals surface area contributed by atoms with Crippen LogP contribution < -0.4 is 4.57 Å². The Morgan fingerprint density at radius 2 is 2.27 bits per heavy atom. The van der Waals surface area contributed by atoms with E-state index in [1.54, 1.807) is 6.20 Å². The molecule has 0 saturated heterocycles. The smallest absolute Gasteiger partial charge is 0.236 e. The first-order chi connectivity index (χ1) is 5.36. The van der Waals surface area contributed by atoms with E-state index in [4.69, 9.17) is 0 Å². The zero-order valence-electron chi connectivity index (χ0n) is 6.61. The van der Waals surface area contributed by atoms with Gasteiger partial charge in [0.05, 0.1) is 12.7 Å². The predicted octanol–water partition coefficient (Wildman–Crippen LogP) is 1.45. The van der Waals surface area contributed by atoms with Crippen LogP contribution in [0.15, 0.2) is 38.0 Å². The molecule has 1 heterocycles. The van der Waals surface area contributed by atoms with Gasteiger partial charge in [-0.3, -0.25) is 0 Å². The molecule has 2 heteroatoms. The van der Waals surface area contributed by atoms with E-state index in [2.05, 4.69) is 17.7 Å². The van der Waals surface area contributed by atoms with Crippen LogP contribution in [0.5, 0.6) is 0 Å². The second-order valence-corrected chi connectivity index (χ2v) is 2.36. The van der Waals surface area contributed by atoms with E-state index in [-0.39, 0.29) is 0 Å². The first-order valence-corrected chi connectivity index (χ1v) is 3.67. The highest BCUT2D eigenvalue weighted by Crippen LogP contribution is 1.85. The Kier molecular flexibility index (Phi) is 2.66. The lowest BCUT2D eigenvalue weighted by Crippen LogP contribution is -2.30. The zero-order chi connectivity index (χ0) is 8.10. The Balaban J connectivity index is 2.57. The van der Waals surface area contributed by atoms with Crippen LogP contribution in [0, 0.1) is 0 Å². The molecule has 0 amide bonds. The zero-order valence-corrected chi connectivity index (χ0v) is 6.61. The molecular weight excluding hydrogens is 136 g/mol. The van der Waals surface area contributed by atoms with Crippen molar-refractivity contribution in [2.24, 2.45) is 0 Å². The van der Waals surface area contributed by atoms with E-state index in [1.807, 2.05) is 29.4 Å². The fraction of sp³-hybridized carbons (Fsp3) is 0.222. The van der Waals surface area contributed by atoms with Crippen molar-refractivity contribution in [1.29, 1.82) is 0 Å². The van der Waals surface area contributed by atoms with Gasteiger partial charge in [0, 0.05) is 6.42 Å². The molecule has 0 bridgehead atoms. The van der Waals surface area contributed by atoms with Crippen molar-refractivity contribution in [3.05, 3.63) is 38.0 Å². The standard InChI is InChI=1S/C9H13N2/c1-3-5-6-11-8-7-10(4-2)9-11/h3-4,7-9H,1-2,5-6H2/q+1. The summed E-state index contributed by atoms with van der Waals surface area (Å²) in [6, 6.07) is 0. The van der Waals surface area contributed by atoms with Crippen LogP contribution in [0.4, 0.5) is 0 Å². The van der Waals surface area contributed by atoms with Crippen molar-refractivity contribution in [3.8, 4) is 0 Å². The average Bonchev–Trinajstić information content (AvgIpc) is 2.48. The molecule has 2 nitrogen and oxygen atoms in total. The van der Waals surface area contributed by atoms with Crippen LogP contribution in [0.25, 0.3) is 6.20 Å². The Morgan fingerprint density at radius 1 is 1.45 bits per heavy atom. The Bertz CT molecular complexity index is 248. The van der Waals surface area contributed by atoms with Gasteiger partial charge >= 0.3 is 0 Å². The number of aryl methyl sites for hydroxylation is 1. The lowest BCUT2D eigenvalue weighted by molar-refractivity contribution is -0.695. The maximum absolute atomic E-state index is 3.66. The van der Waals surface area contributed by atoms with Gasteiger partial charge in [-0.2, -0.15) is 0 Å². The van der Waals surface area contributed by atoms with E-state index in [9.17, 15) is 0 Å². The van der Waals surface area contributed by atoms with E-state index in [0.29, 0.717) is 0 Å². The summed E-state index contributed by atoms with van der Waals surface area (Å²) in [5, 5.41) is 0. The highest BCUT2D eigenvalue weighted by atomic mass is 15.1. The van der Waals surface area contributed by atoms with Crippen LogP contribution in [-0.4, -0.2) is 4.57 Å². The number of nitrogens with zero attached hydrogens (tertiary/aromatic N) is 2. The van der Waals surface area contributed by atoms with Crippen molar-refractivity contribution in [2.75, 3.05) is 0 Å². The fourth-order valence-corrected chi connectivity index (χ4v) is 0.891. The van der Waals surface area contributed by atoms with Crippen LogP contribution in [-0.2, 0) is 6.54 Å². The van der Waals surface area contributed by atoms with E-state index in [0.717, 1.165) is 13.0 Å². The highest BCUT2D eigenvalue weighted by Gasteiger charge is 1.97. The van der Waals surface area contributed by atoms with Gasteiger partial charge in [0.1, 0.15) is 12.4 Å². The quantitative estimate of drug-likeness (QED) is 0.452. The number of hydrogen-bond donors (Lipinski definition) is 0. The van der Waals surface area contributed by atoms with Crippen LogP contribution in [0.1, 0.15) is 6.42 Å². The fourth-order valence-electron chi connectivity index (χ4n) is 0.891. The molecule has 0 atom stereocenters. The van der Waals surface area contributed by atoms with Gasteiger partial charge in [-0.05, 0) is 0 Å². The van der Waals surface area contributed by atoms with Gasteiger partial charge in [0.25, 0.3) is 0 Å². The third kappa shape index (κ3) is 2.08. The molecule has 0 aliphatic heterocycles. The lowest BCUT2D eigenvalue weighted by Gasteiger charge is -1.88. The largest absolute Gasteiger partial charge is 0.248 e. The summed E-state index contributed by atoms with van der Waals surface area (Å²) in [6.45, 7) is 8.31. The van der Waals surface area contributed by atoms with Crippen molar-refractivity contribution >= 4 is 6.20 Å². The topological polar surface area (TPSA) is 8.81 Å². The molecule has 0 unspecified atom stereocenters. The lowest BCUT2D eigenvalue weighted by atomic mass is 10.4. The van der Waals surface area contributed by atoms with E-state index >= 15 is 0 Å². The second-order valence-electron chi connectivity index (χ2n) is 2.36. The summed E-state index contributed by atoms with van der Waals surface area (Å²) in [5.41, 5.74) is 0. The molecule has 1 aromatic heterocycles. The summed E-state index contributed by atoms with van der Waals surface area (Å²) >= 11 is 0. The third-order valence-electron chi connectivity index (χ3n) is 1.51. The number of rotatable bonds is 4. The molecule has 11 heavy (non-hydrogen) atoms. The Labute approximate surface area is 67.1 Å². The number of allylic oxidation sites excluding steroid dienone is 1. The Morgan fingerprint density at radius 3 is 2.82 bits per heavy atom. The van der Waals surface area contributed by atoms with Crippen molar-refractivity contribution in [2.45, 2.75) is 13.0 Å². The van der Waals surface area contributed by atoms with Crippen LogP contribution in [0.2, 0.25) is 0 Å². The number of aromatic nitrogens is 2. The molecule has 0 aromatic carbocycles. The summed E-state index contributed by atoms with van der Waals surface area (Å²) < 4.78 is 4.02. The first kappa shape index (κ1) is 7.79. The maximum Gasteiger partial charge on any atom is 0.248 e. The molecule has 0 aliphatic rings. The minimum Gasteiger partial charge on any atom is -0.236 e. The molecule has 0 radical (unpaired) electrons. The van der Waals surface area contributed by atoms with Gasteiger partial charge < -0.3 is 0 Å². The second kappa shape index (κ2) is 3.76. The number of imidazole rings is 1. The van der Waals surface area contributed by atoms with Gasteiger partial charge in [-0.1, -0.05) is 12.7 Å². The minimum atomic E-state index is 0.990. The van der Waals surface area contributed by atoms with Gasteiger partial charge in [0.15, 0.2) is 0 Å². The number of hydrogen-bond acceptors (Lipinski definition) is 0. The molecule has 1 rings (SSSR count). The molecule has 0 saturated carbocycles.